The number of nitrogens with zero attached hydrogens (tertiary/aromatic N) is 3. The van der Waals surface area contributed by atoms with Gasteiger partial charge in [-0.2, -0.15) is 0 Å². The minimum Gasteiger partial charge on any atom is -0.323 e. The number of amides is 1. The van der Waals surface area contributed by atoms with Crippen LogP contribution in [-0.2, 0) is 11.3 Å². The highest BCUT2D eigenvalue weighted by Crippen LogP contribution is 2.34. The van der Waals surface area contributed by atoms with Crippen LogP contribution in [0, 0.1) is 19.7 Å². The number of aryl methyl sites for hydroxylation is 2. The molecular formula is C26H24FN3O. The molecule has 1 atom stereocenters. The van der Waals surface area contributed by atoms with Crippen LogP contribution in [-0.4, -0.2) is 22.0 Å². The van der Waals surface area contributed by atoms with Gasteiger partial charge < -0.3 is 9.47 Å². The average molecular weight is 413 g/mol. The molecule has 5 rings (SSSR count). The highest BCUT2D eigenvalue weighted by atomic mass is 19.1. The second kappa shape index (κ2) is 7.65. The minimum atomic E-state index is -0.245. The van der Waals surface area contributed by atoms with Crippen LogP contribution in [0.4, 0.5) is 10.1 Å². The Bertz CT molecular complexity index is 1280. The summed E-state index contributed by atoms with van der Waals surface area (Å²) in [5.41, 5.74) is 6.28. The maximum absolute atomic E-state index is 13.4. The molecule has 0 unspecified atom stereocenters. The summed E-state index contributed by atoms with van der Waals surface area (Å²) in [6, 6.07) is 20.7. The van der Waals surface area contributed by atoms with E-state index < -0.39 is 0 Å². The van der Waals surface area contributed by atoms with E-state index in [1.54, 1.807) is 12.1 Å². The Labute approximate surface area is 181 Å². The zero-order valence-electron chi connectivity index (χ0n) is 17.7. The van der Waals surface area contributed by atoms with Gasteiger partial charge in [-0.15, -0.1) is 0 Å². The van der Waals surface area contributed by atoms with Crippen LogP contribution < -0.4 is 4.90 Å². The predicted molar refractivity (Wildman–Crippen MR) is 121 cm³/mol. The Morgan fingerprint density at radius 3 is 2.55 bits per heavy atom. The van der Waals surface area contributed by atoms with Crippen molar-refractivity contribution in [1.82, 2.24) is 9.55 Å². The van der Waals surface area contributed by atoms with Crippen LogP contribution in [0.1, 0.15) is 34.9 Å². The van der Waals surface area contributed by atoms with Gasteiger partial charge in [-0.1, -0.05) is 30.3 Å². The molecule has 0 N–H and O–H groups in total. The van der Waals surface area contributed by atoms with Crippen molar-refractivity contribution in [2.75, 3.05) is 11.4 Å². The van der Waals surface area contributed by atoms with E-state index in [0.29, 0.717) is 19.5 Å². The van der Waals surface area contributed by atoms with Crippen molar-refractivity contribution in [3.8, 4) is 0 Å². The first-order chi connectivity index (χ1) is 15.0. The molecule has 1 fully saturated rings. The second-order valence-corrected chi connectivity index (χ2v) is 8.35. The highest BCUT2D eigenvalue weighted by molar-refractivity contribution is 5.96. The van der Waals surface area contributed by atoms with Gasteiger partial charge in [-0.05, 0) is 66.9 Å². The number of para-hydroxylation sites is 2. The van der Waals surface area contributed by atoms with Gasteiger partial charge in [-0.3, -0.25) is 4.79 Å². The minimum absolute atomic E-state index is 0.00181. The van der Waals surface area contributed by atoms with Gasteiger partial charge in [0.2, 0.25) is 5.91 Å². The van der Waals surface area contributed by atoms with Crippen LogP contribution in [0.2, 0.25) is 0 Å². The molecule has 0 saturated carbocycles. The third-order valence-corrected chi connectivity index (χ3v) is 6.23. The molecule has 1 aliphatic rings. The van der Waals surface area contributed by atoms with Gasteiger partial charge >= 0.3 is 0 Å². The molecule has 31 heavy (non-hydrogen) atoms. The number of hydrogen-bond donors (Lipinski definition) is 0. The van der Waals surface area contributed by atoms with Crippen LogP contribution in [0.5, 0.6) is 0 Å². The first-order valence-corrected chi connectivity index (χ1v) is 10.6. The zero-order valence-corrected chi connectivity index (χ0v) is 17.7. The second-order valence-electron chi connectivity index (χ2n) is 8.35. The van der Waals surface area contributed by atoms with Crippen molar-refractivity contribution in [3.63, 3.8) is 0 Å². The monoisotopic (exact) mass is 413 g/mol. The van der Waals surface area contributed by atoms with E-state index in [9.17, 15) is 9.18 Å². The number of fused-ring (bicyclic) bond motifs is 1. The maximum atomic E-state index is 13.4. The Morgan fingerprint density at radius 1 is 1.00 bits per heavy atom. The fourth-order valence-corrected chi connectivity index (χ4v) is 4.37. The van der Waals surface area contributed by atoms with Crippen LogP contribution in [0.3, 0.4) is 0 Å². The number of anilines is 1. The summed E-state index contributed by atoms with van der Waals surface area (Å²) in [5, 5.41) is 0. The zero-order chi connectivity index (χ0) is 21.5. The smallest absolute Gasteiger partial charge is 0.227 e. The molecule has 1 saturated heterocycles. The van der Waals surface area contributed by atoms with E-state index in [1.165, 1.54) is 23.3 Å². The van der Waals surface area contributed by atoms with Gasteiger partial charge in [0.1, 0.15) is 11.6 Å². The normalized spacial score (nSPS) is 16.4. The molecule has 4 nitrogen and oxygen atoms in total. The molecule has 4 aromatic rings. The van der Waals surface area contributed by atoms with Crippen molar-refractivity contribution < 1.29 is 9.18 Å². The molecule has 3 aromatic carbocycles. The molecule has 0 bridgehead atoms. The Kier molecular flexibility index (Phi) is 4.81. The van der Waals surface area contributed by atoms with E-state index in [4.69, 9.17) is 4.98 Å². The van der Waals surface area contributed by atoms with E-state index in [1.807, 2.05) is 35.2 Å². The van der Waals surface area contributed by atoms with Gasteiger partial charge in [0, 0.05) is 31.1 Å². The summed E-state index contributed by atoms with van der Waals surface area (Å²) in [5.74, 6) is 0.783. The van der Waals surface area contributed by atoms with Crippen LogP contribution in [0.15, 0.2) is 66.7 Å². The number of carbonyl (C=O) groups is 1. The summed E-state index contributed by atoms with van der Waals surface area (Å²) in [6.07, 6.45) is 0.430. The molecule has 1 amide bonds. The molecule has 2 heterocycles. The van der Waals surface area contributed by atoms with E-state index in [-0.39, 0.29) is 17.6 Å². The topological polar surface area (TPSA) is 38.1 Å². The van der Waals surface area contributed by atoms with Crippen molar-refractivity contribution in [2.24, 2.45) is 0 Å². The largest absolute Gasteiger partial charge is 0.323 e. The SMILES string of the molecule is Cc1ccc(N2C[C@H](c3nc4ccccc4n3Cc3ccc(F)cc3)CC2=O)cc1C. The van der Waals surface area contributed by atoms with Crippen LogP contribution in [0.25, 0.3) is 11.0 Å². The molecule has 1 aliphatic heterocycles. The fourth-order valence-electron chi connectivity index (χ4n) is 4.37. The van der Waals surface area contributed by atoms with Crippen molar-refractivity contribution >= 4 is 22.6 Å². The molecule has 1 aromatic heterocycles. The summed E-state index contributed by atoms with van der Waals surface area (Å²) in [6.45, 7) is 5.34. The number of halogens is 1. The Hall–Kier alpha value is -3.47. The van der Waals surface area contributed by atoms with Gasteiger partial charge in [0.05, 0.1) is 11.0 Å². The average Bonchev–Trinajstić information content (AvgIpc) is 3.32. The highest BCUT2D eigenvalue weighted by Gasteiger charge is 2.35. The van der Waals surface area contributed by atoms with E-state index in [2.05, 4.69) is 30.5 Å². The first kappa shape index (κ1) is 19.5. The maximum Gasteiger partial charge on any atom is 0.227 e. The summed E-state index contributed by atoms with van der Waals surface area (Å²) >= 11 is 0. The van der Waals surface area contributed by atoms with Crippen molar-refractivity contribution in [3.05, 3.63) is 95.1 Å². The number of aromatic nitrogens is 2. The summed E-state index contributed by atoms with van der Waals surface area (Å²) in [7, 11) is 0. The lowest BCUT2D eigenvalue weighted by Crippen LogP contribution is -2.24. The molecule has 0 spiro atoms. The van der Waals surface area contributed by atoms with Gasteiger partial charge in [0.15, 0.2) is 0 Å². The van der Waals surface area contributed by atoms with Crippen molar-refractivity contribution in [1.29, 1.82) is 0 Å². The first-order valence-electron chi connectivity index (χ1n) is 10.6. The number of benzene rings is 3. The number of carbonyl (C=O) groups excluding carboxylic acids is 1. The number of imidazole rings is 1. The Balaban J connectivity index is 1.51. The quantitative estimate of drug-likeness (QED) is 0.452. The third kappa shape index (κ3) is 3.61. The van der Waals surface area contributed by atoms with Crippen LogP contribution >= 0.6 is 0 Å². The van der Waals surface area contributed by atoms with Crippen molar-refractivity contribution in [2.45, 2.75) is 32.7 Å². The van der Waals surface area contributed by atoms with Gasteiger partial charge in [0.25, 0.3) is 0 Å². The lowest BCUT2D eigenvalue weighted by Gasteiger charge is -2.18. The molecule has 156 valence electrons. The third-order valence-electron chi connectivity index (χ3n) is 6.23. The van der Waals surface area contributed by atoms with Gasteiger partial charge in [-0.25, -0.2) is 9.37 Å². The molecule has 0 radical (unpaired) electrons. The fraction of sp³-hybridized carbons (Fsp3) is 0.231. The summed E-state index contributed by atoms with van der Waals surface area (Å²) < 4.78 is 15.6. The molecule has 0 aliphatic carbocycles. The Morgan fingerprint density at radius 2 is 1.77 bits per heavy atom. The lowest BCUT2D eigenvalue weighted by atomic mass is 10.1. The van der Waals surface area contributed by atoms with E-state index in [0.717, 1.165) is 28.1 Å². The lowest BCUT2D eigenvalue weighted by molar-refractivity contribution is -0.117. The van der Waals surface area contributed by atoms with E-state index >= 15 is 0 Å². The molecular weight excluding hydrogens is 389 g/mol. The predicted octanol–water partition coefficient (Wildman–Crippen LogP) is 5.36. The standard InChI is InChI=1S/C26H24FN3O/c1-17-7-12-22(13-18(17)2)29-16-20(14-25(29)31)26-28-23-5-3-4-6-24(23)30(26)15-19-8-10-21(27)11-9-19/h3-13,20H,14-16H2,1-2H3/t20-/m1/s1. The summed E-state index contributed by atoms with van der Waals surface area (Å²) in [4.78, 5) is 19.7. The number of rotatable bonds is 4. The number of hydrogen-bond acceptors (Lipinski definition) is 2. The molecule has 5 heteroatoms.